The van der Waals surface area contributed by atoms with Gasteiger partial charge in [-0.25, -0.2) is 0 Å². The van der Waals surface area contributed by atoms with Crippen LogP contribution in [0, 0.1) is 13.8 Å². The number of fused-ring (bicyclic) bond motifs is 2. The van der Waals surface area contributed by atoms with Gasteiger partial charge in [0.15, 0.2) is 0 Å². The molecule has 308 valence electrons. The summed E-state index contributed by atoms with van der Waals surface area (Å²) in [5.74, 6) is 1.56. The van der Waals surface area contributed by atoms with Gasteiger partial charge < -0.3 is 24.8 Å². The molecule has 6 aromatic rings. The molecule has 2 aliphatic rings. The molecule has 4 heteroatoms. The van der Waals surface area contributed by atoms with E-state index in [9.17, 15) is 0 Å². The smallest absolute Gasteiger partial charge is 0.0162 e. The average molecular weight is 907 g/mol. The van der Waals surface area contributed by atoms with Gasteiger partial charge in [-0.2, -0.15) is 11.1 Å². The SMILES string of the molecule is C[Si](C)=[Zr+2].Cc1c(C(C)(C)C)[cH-]c2cccc(-c3ccc(C4CCCCC4)cc3)c12.Cc1c(C(C)(C)C)[cH-]c2cccc(-c3ccc(C4CCCCC4)cc3)c12.[Cl-].[Cl-]. The minimum absolute atomic E-state index is 0. The van der Waals surface area contributed by atoms with E-state index in [0.717, 1.165) is 11.8 Å². The first-order valence-corrected chi connectivity index (χ1v) is 27.9. The molecule has 0 heterocycles. The molecule has 0 spiro atoms. The maximum absolute atomic E-state index is 2.39. The molecule has 0 saturated heterocycles. The molecule has 58 heavy (non-hydrogen) atoms. The minimum Gasteiger partial charge on any atom is -1.00 e. The van der Waals surface area contributed by atoms with E-state index in [1.54, 1.807) is 23.3 Å². The second-order valence-corrected chi connectivity index (χ2v) is 28.7. The van der Waals surface area contributed by atoms with Gasteiger partial charge in [0.05, 0.1) is 0 Å². The fourth-order valence-electron chi connectivity index (χ4n) is 9.80. The quantitative estimate of drug-likeness (QED) is 0.122. The van der Waals surface area contributed by atoms with Crippen LogP contribution in [-0.4, -0.2) is 5.43 Å². The monoisotopic (exact) mass is 904 g/mol. The Balaban J connectivity index is 0.000000228. The Labute approximate surface area is 380 Å². The van der Waals surface area contributed by atoms with Crippen LogP contribution < -0.4 is 24.8 Å². The fourth-order valence-corrected chi connectivity index (χ4v) is 9.80. The van der Waals surface area contributed by atoms with Crippen LogP contribution in [0.3, 0.4) is 0 Å². The van der Waals surface area contributed by atoms with Gasteiger partial charge in [0.2, 0.25) is 0 Å². The Hall–Kier alpha value is -2.22. The van der Waals surface area contributed by atoms with Gasteiger partial charge in [0, 0.05) is 0 Å². The molecule has 0 atom stereocenters. The predicted molar refractivity (Wildman–Crippen MR) is 246 cm³/mol. The van der Waals surface area contributed by atoms with Gasteiger partial charge in [-0.3, -0.25) is 0 Å². The van der Waals surface area contributed by atoms with Gasteiger partial charge >= 0.3 is 41.9 Å². The van der Waals surface area contributed by atoms with Crippen molar-refractivity contribution in [2.75, 3.05) is 0 Å². The number of benzene rings is 4. The molecule has 6 aromatic carbocycles. The van der Waals surface area contributed by atoms with Crippen LogP contribution in [0.25, 0.3) is 43.8 Å². The van der Waals surface area contributed by atoms with Crippen LogP contribution in [0.5, 0.6) is 0 Å². The van der Waals surface area contributed by atoms with E-state index in [1.807, 2.05) is 0 Å². The van der Waals surface area contributed by atoms with Crippen molar-refractivity contribution in [1.29, 1.82) is 0 Å². The zero-order valence-corrected chi connectivity index (χ0v) is 42.2. The Bertz CT molecular complexity index is 2070. The standard InChI is InChI=1S/2C26H31.C2H6Si.2ClH.Zr/c2*1-18-24(26(2,3)4)17-22-11-8-12-23(25(18)22)21-15-13-20(14-16-21)19-9-6-5-7-10-19;1-3-2;;;/h2*8,11-17,19H,5-7,9-10H2,1-4H3;1-2H3;2*1H;/q2*-1;;;;+2/p-2. The molecule has 0 unspecified atom stereocenters. The first-order valence-electron chi connectivity index (χ1n) is 21.7. The van der Waals surface area contributed by atoms with Crippen molar-refractivity contribution < 1.29 is 48.1 Å². The topological polar surface area (TPSA) is 0 Å². The summed E-state index contributed by atoms with van der Waals surface area (Å²) in [5, 5.41) is 5.62. The van der Waals surface area contributed by atoms with Crippen LogP contribution >= 0.6 is 0 Å². The maximum atomic E-state index is 2.39. The van der Waals surface area contributed by atoms with Crippen molar-refractivity contribution in [3.05, 3.63) is 130 Å². The molecule has 0 aliphatic heterocycles. The second kappa shape index (κ2) is 21.0. The summed E-state index contributed by atoms with van der Waals surface area (Å²) in [7, 11) is 0. The Kier molecular flexibility index (Phi) is 17.6. The van der Waals surface area contributed by atoms with Crippen LogP contribution in [0.4, 0.5) is 0 Å². The molecular weight excluding hydrogens is 839 g/mol. The zero-order chi connectivity index (χ0) is 40.2. The van der Waals surface area contributed by atoms with Gasteiger partial charge in [-0.1, -0.05) is 166 Å². The third-order valence-electron chi connectivity index (χ3n) is 12.6. The Morgan fingerprint density at radius 2 is 0.810 bits per heavy atom. The van der Waals surface area contributed by atoms with E-state index >= 15 is 0 Å². The summed E-state index contributed by atoms with van der Waals surface area (Å²) in [4.78, 5) is 0. The second-order valence-electron chi connectivity index (χ2n) is 19.3. The van der Waals surface area contributed by atoms with E-state index in [1.165, 1.54) is 141 Å². The van der Waals surface area contributed by atoms with Crippen LogP contribution in [0.1, 0.15) is 151 Å². The van der Waals surface area contributed by atoms with Crippen molar-refractivity contribution >= 4 is 27.0 Å². The zero-order valence-electron chi connectivity index (χ0n) is 37.2. The number of aryl methyl sites for hydroxylation is 2. The number of rotatable bonds is 4. The van der Waals surface area contributed by atoms with Gasteiger partial charge in [0.25, 0.3) is 0 Å². The third kappa shape index (κ3) is 11.6. The molecule has 2 fully saturated rings. The van der Waals surface area contributed by atoms with E-state index in [4.69, 9.17) is 0 Å². The summed E-state index contributed by atoms with van der Waals surface area (Å²) in [5.41, 5.74) is 14.9. The van der Waals surface area contributed by atoms with E-state index < -0.39 is 0 Å². The normalized spacial score (nSPS) is 15.1. The van der Waals surface area contributed by atoms with E-state index in [-0.39, 0.29) is 41.1 Å². The van der Waals surface area contributed by atoms with Crippen molar-refractivity contribution in [2.45, 2.75) is 155 Å². The predicted octanol–water partition coefficient (Wildman–Crippen LogP) is 10.6. The Morgan fingerprint density at radius 3 is 1.10 bits per heavy atom. The van der Waals surface area contributed by atoms with Crippen molar-refractivity contribution in [1.82, 2.24) is 0 Å². The largest absolute Gasteiger partial charge is 1.00 e. The number of hydrogen-bond acceptors (Lipinski definition) is 0. The van der Waals surface area contributed by atoms with E-state index in [0.29, 0.717) is 0 Å². The first kappa shape index (κ1) is 48.4. The van der Waals surface area contributed by atoms with Crippen LogP contribution in [0.2, 0.25) is 13.1 Å². The molecule has 2 aliphatic carbocycles. The van der Waals surface area contributed by atoms with Crippen molar-refractivity contribution in [3.8, 4) is 22.3 Å². The molecule has 0 radical (unpaired) electrons. The van der Waals surface area contributed by atoms with E-state index in [2.05, 4.69) is 166 Å². The van der Waals surface area contributed by atoms with Gasteiger partial charge in [0.1, 0.15) is 0 Å². The van der Waals surface area contributed by atoms with Gasteiger partial charge in [-0.05, 0) is 70.6 Å². The average Bonchev–Trinajstić information content (AvgIpc) is 3.73. The van der Waals surface area contributed by atoms with Gasteiger partial charge in [-0.15, -0.1) is 69.1 Å². The molecular formula is C54H68Cl2SiZr-2. The first-order chi connectivity index (χ1) is 26.6. The summed E-state index contributed by atoms with van der Waals surface area (Å²) in [6.07, 6.45) is 13.9. The summed E-state index contributed by atoms with van der Waals surface area (Å²) in [6, 6.07) is 37.2. The maximum Gasteiger partial charge on any atom is -0.0162 e. The molecule has 0 nitrogen and oxygen atoms in total. The molecule has 2 saturated carbocycles. The molecule has 8 rings (SSSR count). The van der Waals surface area contributed by atoms with Crippen molar-refractivity contribution in [3.63, 3.8) is 0 Å². The number of halogens is 2. The molecule has 0 amide bonds. The summed E-state index contributed by atoms with van der Waals surface area (Å²) in [6.45, 7) is 23.1. The fraction of sp³-hybridized carbons (Fsp3) is 0.444. The molecule has 0 aromatic heterocycles. The van der Waals surface area contributed by atoms with Crippen LogP contribution in [0.15, 0.2) is 97.1 Å². The molecule has 0 N–H and O–H groups in total. The van der Waals surface area contributed by atoms with Crippen molar-refractivity contribution in [2.24, 2.45) is 0 Å². The van der Waals surface area contributed by atoms with Crippen LogP contribution in [-0.2, 0) is 34.2 Å². The number of hydrogen-bond donors (Lipinski definition) is 0. The summed E-state index contributed by atoms with van der Waals surface area (Å²) >= 11 is 1.74. The Morgan fingerprint density at radius 1 is 0.500 bits per heavy atom. The third-order valence-corrected chi connectivity index (χ3v) is 12.6. The minimum atomic E-state index is 0. The molecule has 0 bridgehead atoms. The summed E-state index contributed by atoms with van der Waals surface area (Å²) < 4.78 is 0.